The first kappa shape index (κ1) is 15.1. The van der Waals surface area contributed by atoms with Crippen molar-refractivity contribution in [3.8, 4) is 5.75 Å². The van der Waals surface area contributed by atoms with Crippen molar-refractivity contribution < 1.29 is 15.0 Å². The van der Waals surface area contributed by atoms with E-state index in [1.165, 1.54) is 12.1 Å². The van der Waals surface area contributed by atoms with E-state index in [0.29, 0.717) is 17.0 Å². The average Bonchev–Trinajstić information content (AvgIpc) is 2.47. The minimum Gasteiger partial charge on any atom is -0.507 e. The third-order valence-electron chi connectivity index (χ3n) is 2.83. The number of hydrogen-bond acceptors (Lipinski definition) is 4. The van der Waals surface area contributed by atoms with E-state index >= 15 is 0 Å². The van der Waals surface area contributed by atoms with Crippen molar-refractivity contribution >= 4 is 33.3 Å². The Labute approximate surface area is 130 Å². The molecule has 0 amide bonds. The zero-order valence-corrected chi connectivity index (χ0v) is 12.8. The molecule has 6 heteroatoms. The smallest absolute Gasteiger partial charge is 0.335 e. The highest BCUT2D eigenvalue weighted by molar-refractivity contribution is 9.10. The van der Waals surface area contributed by atoms with E-state index < -0.39 is 5.97 Å². The summed E-state index contributed by atoms with van der Waals surface area (Å²) in [5.41, 5.74) is 4.92. The van der Waals surface area contributed by atoms with Crippen LogP contribution in [0.25, 0.3) is 0 Å². The summed E-state index contributed by atoms with van der Waals surface area (Å²) < 4.78 is 0.843. The largest absolute Gasteiger partial charge is 0.507 e. The van der Waals surface area contributed by atoms with Crippen LogP contribution in [0, 0.1) is 0 Å². The summed E-state index contributed by atoms with van der Waals surface area (Å²) in [6, 6.07) is 11.3. The number of phenolic OH excluding ortho intramolecular Hbond substituents is 1. The Morgan fingerprint density at radius 3 is 2.48 bits per heavy atom. The fourth-order valence-corrected chi connectivity index (χ4v) is 2.06. The molecule has 0 saturated heterocycles. The van der Waals surface area contributed by atoms with Crippen LogP contribution >= 0.6 is 15.9 Å². The molecule has 2 aromatic carbocycles. The molecule has 0 fully saturated rings. The van der Waals surface area contributed by atoms with Crippen LogP contribution in [0.5, 0.6) is 5.75 Å². The Morgan fingerprint density at radius 2 is 1.86 bits per heavy atom. The lowest BCUT2D eigenvalue weighted by Crippen LogP contribution is -2.01. The third kappa shape index (κ3) is 3.82. The lowest BCUT2D eigenvalue weighted by molar-refractivity contribution is 0.0697. The van der Waals surface area contributed by atoms with Crippen LogP contribution in [0.2, 0.25) is 0 Å². The molecule has 0 aromatic heterocycles. The average molecular weight is 349 g/mol. The summed E-state index contributed by atoms with van der Waals surface area (Å²) in [7, 11) is 0. The normalized spacial score (nSPS) is 11.2. The number of nitrogens with one attached hydrogen (secondary N) is 1. The van der Waals surface area contributed by atoms with Gasteiger partial charge in [-0.3, -0.25) is 5.43 Å². The number of hydrogen-bond donors (Lipinski definition) is 3. The Bertz CT molecular complexity index is 697. The van der Waals surface area contributed by atoms with Crippen LogP contribution in [0.1, 0.15) is 22.8 Å². The zero-order chi connectivity index (χ0) is 15.4. The maximum atomic E-state index is 10.8. The molecule has 0 saturated carbocycles. The van der Waals surface area contributed by atoms with Crippen molar-refractivity contribution in [1.29, 1.82) is 0 Å². The summed E-state index contributed by atoms with van der Waals surface area (Å²) in [4.78, 5) is 10.8. The molecule has 21 heavy (non-hydrogen) atoms. The number of carboxylic acids is 1. The van der Waals surface area contributed by atoms with Gasteiger partial charge in [-0.15, -0.1) is 0 Å². The van der Waals surface area contributed by atoms with Crippen LogP contribution in [0.4, 0.5) is 5.69 Å². The van der Waals surface area contributed by atoms with E-state index in [4.69, 9.17) is 5.11 Å². The van der Waals surface area contributed by atoms with Crippen LogP contribution in [0.3, 0.4) is 0 Å². The molecule has 0 aliphatic carbocycles. The number of aromatic hydroxyl groups is 1. The third-order valence-corrected chi connectivity index (χ3v) is 3.33. The first-order chi connectivity index (χ1) is 9.97. The predicted molar refractivity (Wildman–Crippen MR) is 85.0 cm³/mol. The summed E-state index contributed by atoms with van der Waals surface area (Å²) in [5.74, 6) is -0.831. The van der Waals surface area contributed by atoms with Gasteiger partial charge in [0, 0.05) is 10.0 Å². The first-order valence-electron chi connectivity index (χ1n) is 6.10. The van der Waals surface area contributed by atoms with Gasteiger partial charge in [-0.05, 0) is 49.4 Å². The molecule has 0 aliphatic rings. The standard InChI is InChI=1S/C15H13BrN2O3/c1-9(13-8-11(16)4-7-14(13)19)17-18-12-5-2-10(3-6-12)15(20)21/h2-8,18-19H,1H3,(H,20,21). The molecule has 0 spiro atoms. The molecule has 0 heterocycles. The van der Waals surface area contributed by atoms with Crippen LogP contribution in [-0.2, 0) is 0 Å². The maximum Gasteiger partial charge on any atom is 0.335 e. The molecule has 0 unspecified atom stereocenters. The summed E-state index contributed by atoms with van der Waals surface area (Å²) in [6.45, 7) is 1.76. The van der Waals surface area contributed by atoms with Gasteiger partial charge in [0.1, 0.15) is 5.75 Å². The molecule has 2 aromatic rings. The second-order valence-corrected chi connectivity index (χ2v) is 5.27. The number of halogens is 1. The van der Waals surface area contributed by atoms with Crippen molar-refractivity contribution in [3.63, 3.8) is 0 Å². The monoisotopic (exact) mass is 348 g/mol. The molecule has 0 bridgehead atoms. The Morgan fingerprint density at radius 1 is 1.19 bits per heavy atom. The van der Waals surface area contributed by atoms with E-state index in [1.807, 2.05) is 0 Å². The number of carboxylic acid groups (broad SMARTS) is 1. The molecule has 3 N–H and O–H groups in total. The summed E-state index contributed by atoms with van der Waals surface area (Å²) >= 11 is 3.34. The minimum absolute atomic E-state index is 0.141. The van der Waals surface area contributed by atoms with Gasteiger partial charge in [0.05, 0.1) is 17.0 Å². The first-order valence-corrected chi connectivity index (χ1v) is 6.89. The van der Waals surface area contributed by atoms with E-state index in [0.717, 1.165) is 4.47 Å². The second-order valence-electron chi connectivity index (χ2n) is 4.35. The Kier molecular flexibility index (Phi) is 4.59. The zero-order valence-electron chi connectivity index (χ0n) is 11.2. The number of rotatable bonds is 4. The maximum absolute atomic E-state index is 10.8. The number of carbonyl (C=O) groups is 1. The molecular weight excluding hydrogens is 336 g/mol. The van der Waals surface area contributed by atoms with E-state index in [-0.39, 0.29) is 11.3 Å². The van der Waals surface area contributed by atoms with Gasteiger partial charge in [0.15, 0.2) is 0 Å². The molecule has 0 atom stereocenters. The van der Waals surface area contributed by atoms with E-state index in [2.05, 4.69) is 26.5 Å². The highest BCUT2D eigenvalue weighted by Crippen LogP contribution is 2.22. The van der Waals surface area contributed by atoms with Gasteiger partial charge in [-0.25, -0.2) is 4.79 Å². The molecular formula is C15H13BrN2O3. The van der Waals surface area contributed by atoms with Gasteiger partial charge in [-0.2, -0.15) is 5.10 Å². The number of hydrazone groups is 1. The number of anilines is 1. The van der Waals surface area contributed by atoms with Crippen molar-refractivity contribution in [2.45, 2.75) is 6.92 Å². The molecule has 0 aliphatic heterocycles. The van der Waals surface area contributed by atoms with E-state index in [9.17, 15) is 9.90 Å². The topological polar surface area (TPSA) is 81.9 Å². The predicted octanol–water partition coefficient (Wildman–Crippen LogP) is 3.69. The number of nitrogens with zero attached hydrogens (tertiary/aromatic N) is 1. The highest BCUT2D eigenvalue weighted by Gasteiger charge is 2.06. The van der Waals surface area contributed by atoms with Crippen molar-refractivity contribution in [2.75, 3.05) is 5.43 Å². The van der Waals surface area contributed by atoms with Crippen molar-refractivity contribution in [1.82, 2.24) is 0 Å². The van der Waals surface area contributed by atoms with Crippen LogP contribution in [-0.4, -0.2) is 21.9 Å². The van der Waals surface area contributed by atoms with Gasteiger partial charge < -0.3 is 10.2 Å². The lowest BCUT2D eigenvalue weighted by Gasteiger charge is -2.06. The highest BCUT2D eigenvalue weighted by atomic mass is 79.9. The lowest BCUT2D eigenvalue weighted by atomic mass is 10.1. The SMILES string of the molecule is CC(=NNc1ccc(C(=O)O)cc1)c1cc(Br)ccc1O. The molecule has 2 rings (SSSR count). The van der Waals surface area contributed by atoms with Gasteiger partial charge in [0.25, 0.3) is 0 Å². The van der Waals surface area contributed by atoms with Gasteiger partial charge in [-0.1, -0.05) is 15.9 Å². The van der Waals surface area contributed by atoms with Gasteiger partial charge >= 0.3 is 5.97 Å². The number of aromatic carboxylic acids is 1. The second kappa shape index (κ2) is 6.41. The quantitative estimate of drug-likeness (QED) is 0.581. The molecule has 0 radical (unpaired) electrons. The van der Waals surface area contributed by atoms with Gasteiger partial charge in [0.2, 0.25) is 0 Å². The molecule has 108 valence electrons. The molecule has 5 nitrogen and oxygen atoms in total. The Hall–Kier alpha value is -2.34. The summed E-state index contributed by atoms with van der Waals surface area (Å²) in [5, 5.41) is 22.8. The fourth-order valence-electron chi connectivity index (χ4n) is 1.69. The van der Waals surface area contributed by atoms with Crippen LogP contribution in [0.15, 0.2) is 52.0 Å². The fraction of sp³-hybridized carbons (Fsp3) is 0.0667. The summed E-state index contributed by atoms with van der Waals surface area (Å²) in [6.07, 6.45) is 0. The number of benzene rings is 2. The van der Waals surface area contributed by atoms with Crippen LogP contribution < -0.4 is 5.43 Å². The van der Waals surface area contributed by atoms with E-state index in [1.54, 1.807) is 37.3 Å². The van der Waals surface area contributed by atoms with Crippen molar-refractivity contribution in [2.24, 2.45) is 5.10 Å². The van der Waals surface area contributed by atoms with Crippen molar-refractivity contribution in [3.05, 3.63) is 58.1 Å². The Balaban J connectivity index is 2.16. The number of phenols is 1. The minimum atomic E-state index is -0.972.